The van der Waals surface area contributed by atoms with Crippen LogP contribution in [0.1, 0.15) is 110 Å². The molecule has 0 bridgehead atoms. The maximum atomic E-state index is 9.97. The number of aliphatic hydroxyl groups is 2. The van der Waals surface area contributed by atoms with Crippen LogP contribution in [-0.2, 0) is 0 Å². The Hall–Kier alpha value is -0.0800. The van der Waals surface area contributed by atoms with E-state index in [1.807, 2.05) is 0 Å². The van der Waals surface area contributed by atoms with E-state index in [1.165, 1.54) is 70.6 Å². The van der Waals surface area contributed by atoms with Gasteiger partial charge < -0.3 is 10.2 Å². The minimum Gasteiger partial charge on any atom is -0.393 e. The number of unbranched alkanes of at least 4 members (excludes halogenated alkanes) is 8. The van der Waals surface area contributed by atoms with Crippen molar-refractivity contribution in [1.82, 2.24) is 0 Å². The van der Waals surface area contributed by atoms with Crippen molar-refractivity contribution in [2.75, 3.05) is 0 Å². The highest BCUT2D eigenvalue weighted by Gasteiger charge is 2.27. The summed E-state index contributed by atoms with van der Waals surface area (Å²) in [5.41, 5.74) is 0. The molecule has 1 saturated carbocycles. The third-order valence-electron chi connectivity index (χ3n) is 5.90. The van der Waals surface area contributed by atoms with E-state index in [4.69, 9.17) is 0 Å². The van der Waals surface area contributed by atoms with Crippen LogP contribution in [0.15, 0.2) is 0 Å². The second-order valence-electron chi connectivity index (χ2n) is 8.07. The van der Waals surface area contributed by atoms with E-state index < -0.39 is 0 Å². The zero-order valence-electron chi connectivity index (χ0n) is 15.8. The van der Waals surface area contributed by atoms with Crippen molar-refractivity contribution in [3.05, 3.63) is 0 Å². The van der Waals surface area contributed by atoms with E-state index in [0.717, 1.165) is 25.2 Å². The summed E-state index contributed by atoms with van der Waals surface area (Å²) in [7, 11) is 0. The summed E-state index contributed by atoms with van der Waals surface area (Å²) in [4.78, 5) is 0. The Morgan fingerprint density at radius 2 is 1.39 bits per heavy atom. The van der Waals surface area contributed by atoms with Crippen LogP contribution in [-0.4, -0.2) is 22.4 Å². The van der Waals surface area contributed by atoms with Gasteiger partial charge in [-0.15, -0.1) is 0 Å². The van der Waals surface area contributed by atoms with Crippen molar-refractivity contribution in [2.45, 2.75) is 122 Å². The fraction of sp³-hybridized carbons (Fsp3) is 1.00. The van der Waals surface area contributed by atoms with Gasteiger partial charge in [0.2, 0.25) is 0 Å². The molecular formula is C21H42O2. The molecule has 4 unspecified atom stereocenters. The van der Waals surface area contributed by atoms with Crippen LogP contribution in [0.3, 0.4) is 0 Å². The lowest BCUT2D eigenvalue weighted by molar-refractivity contribution is -0.00228. The maximum Gasteiger partial charge on any atom is 0.0593 e. The first-order valence-electron chi connectivity index (χ1n) is 10.5. The van der Waals surface area contributed by atoms with E-state index in [-0.39, 0.29) is 12.2 Å². The Morgan fingerprint density at radius 3 is 1.96 bits per heavy atom. The van der Waals surface area contributed by atoms with Gasteiger partial charge >= 0.3 is 0 Å². The molecule has 0 aromatic rings. The predicted octanol–water partition coefficient (Wildman–Crippen LogP) is 5.85. The Labute approximate surface area is 145 Å². The highest BCUT2D eigenvalue weighted by Crippen LogP contribution is 2.29. The van der Waals surface area contributed by atoms with Crippen LogP contribution >= 0.6 is 0 Å². The average Bonchev–Trinajstić information content (AvgIpc) is 2.54. The molecule has 0 spiro atoms. The molecular weight excluding hydrogens is 284 g/mol. The standard InChI is InChI=1S/C21H42O2/c1-3-18(2)13-11-9-7-5-4-6-8-10-12-14-19-15-16-20(22)17-21(19)23/h18-23H,3-17H2,1-2H3. The van der Waals surface area contributed by atoms with Crippen LogP contribution in [0, 0.1) is 11.8 Å². The highest BCUT2D eigenvalue weighted by atomic mass is 16.3. The van der Waals surface area contributed by atoms with Gasteiger partial charge in [-0.2, -0.15) is 0 Å². The number of hydrogen-bond donors (Lipinski definition) is 2. The lowest BCUT2D eigenvalue weighted by Crippen LogP contribution is -2.31. The Bertz CT molecular complexity index is 267. The highest BCUT2D eigenvalue weighted by molar-refractivity contribution is 4.79. The fourth-order valence-corrected chi connectivity index (χ4v) is 3.87. The fourth-order valence-electron chi connectivity index (χ4n) is 3.87. The van der Waals surface area contributed by atoms with Crippen molar-refractivity contribution in [2.24, 2.45) is 11.8 Å². The number of aliphatic hydroxyl groups excluding tert-OH is 2. The van der Waals surface area contributed by atoms with Gasteiger partial charge in [0.15, 0.2) is 0 Å². The van der Waals surface area contributed by atoms with Gasteiger partial charge in [0.1, 0.15) is 0 Å². The lowest BCUT2D eigenvalue weighted by Gasteiger charge is -2.30. The lowest BCUT2D eigenvalue weighted by atomic mass is 9.82. The molecule has 0 aromatic heterocycles. The SMILES string of the molecule is CCC(C)CCCCCCCCCCCC1CCC(O)CC1O. The van der Waals surface area contributed by atoms with Gasteiger partial charge in [0.25, 0.3) is 0 Å². The monoisotopic (exact) mass is 326 g/mol. The summed E-state index contributed by atoms with van der Waals surface area (Å²) in [5.74, 6) is 1.37. The molecule has 1 rings (SSSR count). The summed E-state index contributed by atoms with van der Waals surface area (Å²) in [6.07, 6.45) is 18.3. The molecule has 0 amide bonds. The molecule has 0 heterocycles. The number of rotatable bonds is 13. The molecule has 0 aromatic carbocycles. The molecule has 4 atom stereocenters. The summed E-state index contributed by atoms with van der Waals surface area (Å²) in [5, 5.41) is 19.5. The zero-order valence-corrected chi connectivity index (χ0v) is 15.8. The predicted molar refractivity (Wildman–Crippen MR) is 99.6 cm³/mol. The summed E-state index contributed by atoms with van der Waals surface area (Å²) < 4.78 is 0. The zero-order chi connectivity index (χ0) is 16.9. The smallest absolute Gasteiger partial charge is 0.0593 e. The normalized spacial score (nSPS) is 26.3. The molecule has 0 saturated heterocycles. The van der Waals surface area contributed by atoms with Gasteiger partial charge in [0.05, 0.1) is 12.2 Å². The molecule has 1 aliphatic rings. The first kappa shape index (κ1) is 21.0. The quantitative estimate of drug-likeness (QED) is 0.417. The van der Waals surface area contributed by atoms with Crippen molar-refractivity contribution in [3.63, 3.8) is 0 Å². The number of hydrogen-bond acceptors (Lipinski definition) is 2. The molecule has 0 radical (unpaired) electrons. The van der Waals surface area contributed by atoms with Crippen LogP contribution < -0.4 is 0 Å². The molecule has 0 aliphatic heterocycles. The van der Waals surface area contributed by atoms with Crippen LogP contribution in [0.4, 0.5) is 0 Å². The average molecular weight is 327 g/mol. The van der Waals surface area contributed by atoms with E-state index in [0.29, 0.717) is 12.3 Å². The van der Waals surface area contributed by atoms with Crippen molar-refractivity contribution >= 4 is 0 Å². The van der Waals surface area contributed by atoms with Gasteiger partial charge in [-0.05, 0) is 37.5 Å². The molecule has 23 heavy (non-hydrogen) atoms. The first-order valence-corrected chi connectivity index (χ1v) is 10.5. The van der Waals surface area contributed by atoms with E-state index in [9.17, 15) is 10.2 Å². The second-order valence-corrected chi connectivity index (χ2v) is 8.07. The third kappa shape index (κ3) is 10.4. The second kappa shape index (κ2) is 13.2. The largest absolute Gasteiger partial charge is 0.393 e. The summed E-state index contributed by atoms with van der Waals surface area (Å²) in [6.45, 7) is 4.66. The molecule has 2 heteroatoms. The first-order chi connectivity index (χ1) is 11.1. The van der Waals surface area contributed by atoms with Gasteiger partial charge in [-0.3, -0.25) is 0 Å². The Balaban J connectivity index is 1.81. The maximum absolute atomic E-state index is 9.97. The molecule has 2 nitrogen and oxygen atoms in total. The Kier molecular flexibility index (Phi) is 12.1. The Morgan fingerprint density at radius 1 is 0.826 bits per heavy atom. The van der Waals surface area contributed by atoms with Crippen LogP contribution in [0.2, 0.25) is 0 Å². The minimum atomic E-state index is -0.258. The minimum absolute atomic E-state index is 0.255. The molecule has 1 aliphatic carbocycles. The molecule has 2 N–H and O–H groups in total. The topological polar surface area (TPSA) is 40.5 Å². The van der Waals surface area contributed by atoms with Gasteiger partial charge in [0, 0.05) is 0 Å². The molecule has 138 valence electrons. The van der Waals surface area contributed by atoms with E-state index in [2.05, 4.69) is 13.8 Å². The summed E-state index contributed by atoms with van der Waals surface area (Å²) >= 11 is 0. The van der Waals surface area contributed by atoms with Crippen molar-refractivity contribution < 1.29 is 10.2 Å². The van der Waals surface area contributed by atoms with Gasteiger partial charge in [-0.1, -0.05) is 84.5 Å². The van der Waals surface area contributed by atoms with Crippen LogP contribution in [0.25, 0.3) is 0 Å². The van der Waals surface area contributed by atoms with E-state index in [1.54, 1.807) is 0 Å². The van der Waals surface area contributed by atoms with Crippen LogP contribution in [0.5, 0.6) is 0 Å². The summed E-state index contributed by atoms with van der Waals surface area (Å²) in [6, 6.07) is 0. The van der Waals surface area contributed by atoms with E-state index >= 15 is 0 Å². The molecule has 1 fully saturated rings. The van der Waals surface area contributed by atoms with Crippen molar-refractivity contribution in [3.8, 4) is 0 Å². The van der Waals surface area contributed by atoms with Gasteiger partial charge in [-0.25, -0.2) is 0 Å². The third-order valence-corrected chi connectivity index (χ3v) is 5.90. The van der Waals surface area contributed by atoms with Crippen molar-refractivity contribution in [1.29, 1.82) is 0 Å².